The topological polar surface area (TPSA) is 99.8 Å². The standard InChI is InChI=1S/C30H40ClFN6O3/c1-18(32)14-37-10-8-30(9-11-37)16-38(17-30)29-19(2)27(26-20(3)36-41-21(26)4)34-28(35-29)24-12-23(6-7-25(24)31)40-15-22(39)13-33-5/h6-7,12,18,22,33,39H,8-11,13-17H2,1-5H3/t18?,22-/m1/s1. The highest BCUT2D eigenvalue weighted by Crippen LogP contribution is 2.45. The summed E-state index contributed by atoms with van der Waals surface area (Å²) in [5.41, 5.74) is 4.20. The van der Waals surface area contributed by atoms with Crippen LogP contribution in [0.4, 0.5) is 10.2 Å². The van der Waals surface area contributed by atoms with Crippen molar-refractivity contribution in [2.75, 3.05) is 57.8 Å². The Kier molecular flexibility index (Phi) is 8.84. The van der Waals surface area contributed by atoms with E-state index >= 15 is 0 Å². The summed E-state index contributed by atoms with van der Waals surface area (Å²) in [7, 11) is 1.78. The first-order valence-corrected chi connectivity index (χ1v) is 14.7. The Hall–Kier alpha value is -2.79. The van der Waals surface area contributed by atoms with Crippen LogP contribution in [0.25, 0.3) is 22.6 Å². The van der Waals surface area contributed by atoms with E-state index in [0.717, 1.165) is 67.4 Å². The SMILES string of the molecule is CNC[C@@H](O)COc1ccc(Cl)c(-c2nc(-c3c(C)noc3C)c(C)c(N3CC4(CCN(CC(C)F)CC4)C3)n2)c1. The van der Waals surface area contributed by atoms with E-state index in [1.165, 1.54) is 0 Å². The lowest BCUT2D eigenvalue weighted by Gasteiger charge is -2.55. The van der Waals surface area contributed by atoms with Gasteiger partial charge in [-0.15, -0.1) is 0 Å². The zero-order chi connectivity index (χ0) is 29.3. The molecule has 2 aliphatic heterocycles. The van der Waals surface area contributed by atoms with Gasteiger partial charge in [-0.25, -0.2) is 14.4 Å². The molecule has 0 radical (unpaired) electrons. The minimum atomic E-state index is -0.805. The predicted molar refractivity (Wildman–Crippen MR) is 159 cm³/mol. The van der Waals surface area contributed by atoms with Gasteiger partial charge in [-0.3, -0.25) is 0 Å². The summed E-state index contributed by atoms with van der Waals surface area (Å²) in [6, 6.07) is 5.36. The lowest BCUT2D eigenvalue weighted by Crippen LogP contribution is -2.61. The van der Waals surface area contributed by atoms with E-state index in [0.29, 0.717) is 41.0 Å². The number of likely N-dealkylation sites (N-methyl/N-ethyl adjacent to an activating group) is 1. The smallest absolute Gasteiger partial charge is 0.163 e. The predicted octanol–water partition coefficient (Wildman–Crippen LogP) is 4.60. The number of aliphatic hydroxyl groups excluding tert-OH is 1. The lowest BCUT2D eigenvalue weighted by atomic mass is 9.72. The van der Waals surface area contributed by atoms with Gasteiger partial charge in [0, 0.05) is 42.7 Å². The molecular weight excluding hydrogens is 547 g/mol. The van der Waals surface area contributed by atoms with Crippen LogP contribution in [0.1, 0.15) is 36.8 Å². The second-order valence-corrected chi connectivity index (χ2v) is 12.1. The van der Waals surface area contributed by atoms with Crippen LogP contribution in [0.5, 0.6) is 5.75 Å². The summed E-state index contributed by atoms with van der Waals surface area (Å²) in [5, 5.41) is 17.7. The van der Waals surface area contributed by atoms with Gasteiger partial charge in [-0.2, -0.15) is 0 Å². The second-order valence-electron chi connectivity index (χ2n) is 11.6. The van der Waals surface area contributed by atoms with Gasteiger partial charge in [0.2, 0.25) is 0 Å². The van der Waals surface area contributed by atoms with Crippen molar-refractivity contribution in [1.29, 1.82) is 0 Å². The average molecular weight is 587 g/mol. The number of nitrogens with one attached hydrogen (secondary N) is 1. The maximum absolute atomic E-state index is 13.5. The first-order chi connectivity index (χ1) is 19.6. The van der Waals surface area contributed by atoms with Gasteiger partial charge in [0.15, 0.2) is 5.82 Å². The quantitative estimate of drug-likeness (QED) is 0.353. The van der Waals surface area contributed by atoms with Crippen LogP contribution in [0.3, 0.4) is 0 Å². The molecule has 9 nitrogen and oxygen atoms in total. The van der Waals surface area contributed by atoms with E-state index in [1.807, 2.05) is 26.8 Å². The number of hydrogen-bond donors (Lipinski definition) is 2. The van der Waals surface area contributed by atoms with Crippen LogP contribution in [-0.4, -0.2) is 90.3 Å². The number of rotatable bonds is 10. The number of aryl methyl sites for hydroxylation is 2. The zero-order valence-electron chi connectivity index (χ0n) is 24.5. The molecule has 0 bridgehead atoms. The summed E-state index contributed by atoms with van der Waals surface area (Å²) in [6.45, 7) is 12.2. The average Bonchev–Trinajstić information content (AvgIpc) is 3.25. The summed E-state index contributed by atoms with van der Waals surface area (Å²) in [6.07, 6.45) is 0.655. The molecule has 222 valence electrons. The van der Waals surface area contributed by atoms with Crippen molar-refractivity contribution in [3.8, 4) is 28.4 Å². The molecule has 1 unspecified atom stereocenters. The largest absolute Gasteiger partial charge is 0.491 e. The van der Waals surface area contributed by atoms with Gasteiger partial charge in [-0.1, -0.05) is 16.8 Å². The van der Waals surface area contributed by atoms with Crippen molar-refractivity contribution in [2.24, 2.45) is 5.41 Å². The van der Waals surface area contributed by atoms with Crippen molar-refractivity contribution < 1.29 is 18.8 Å². The molecule has 2 fully saturated rings. The van der Waals surface area contributed by atoms with Gasteiger partial charge in [0.05, 0.1) is 22.0 Å². The number of nitrogens with zero attached hydrogens (tertiary/aromatic N) is 5. The third kappa shape index (κ3) is 6.35. The number of anilines is 1. The fourth-order valence-corrected chi connectivity index (χ4v) is 6.25. The number of aromatic nitrogens is 3. The van der Waals surface area contributed by atoms with E-state index in [4.69, 9.17) is 30.8 Å². The Morgan fingerprint density at radius 3 is 2.56 bits per heavy atom. The maximum atomic E-state index is 13.5. The van der Waals surface area contributed by atoms with E-state index < -0.39 is 12.3 Å². The molecule has 0 amide bonds. The zero-order valence-corrected chi connectivity index (χ0v) is 25.3. The number of piperidine rings is 1. The first kappa shape index (κ1) is 29.7. The molecule has 0 aliphatic carbocycles. The normalized spacial score (nSPS) is 18.4. The summed E-state index contributed by atoms with van der Waals surface area (Å²) < 4.78 is 24.9. The number of aliphatic hydroxyl groups is 1. The molecule has 41 heavy (non-hydrogen) atoms. The highest BCUT2D eigenvalue weighted by atomic mass is 35.5. The molecule has 4 heterocycles. The Balaban J connectivity index is 1.46. The Bertz CT molecular complexity index is 1350. The molecule has 2 N–H and O–H groups in total. The fourth-order valence-electron chi connectivity index (χ4n) is 6.05. The van der Waals surface area contributed by atoms with Crippen molar-refractivity contribution in [2.45, 2.75) is 52.8 Å². The van der Waals surface area contributed by atoms with E-state index in [-0.39, 0.29) is 12.0 Å². The van der Waals surface area contributed by atoms with Crippen LogP contribution < -0.4 is 15.0 Å². The van der Waals surface area contributed by atoms with Crippen LogP contribution in [0.2, 0.25) is 5.02 Å². The van der Waals surface area contributed by atoms with Gasteiger partial charge < -0.3 is 29.5 Å². The third-order valence-corrected chi connectivity index (χ3v) is 8.56. The Morgan fingerprint density at radius 1 is 1.20 bits per heavy atom. The first-order valence-electron chi connectivity index (χ1n) is 14.3. The van der Waals surface area contributed by atoms with Crippen molar-refractivity contribution >= 4 is 17.4 Å². The number of hydrogen-bond acceptors (Lipinski definition) is 9. The molecule has 2 atom stereocenters. The van der Waals surface area contributed by atoms with E-state index in [9.17, 15) is 9.50 Å². The maximum Gasteiger partial charge on any atom is 0.163 e. The van der Waals surface area contributed by atoms with Gasteiger partial charge in [0.1, 0.15) is 36.2 Å². The van der Waals surface area contributed by atoms with Crippen molar-refractivity contribution in [3.05, 3.63) is 40.2 Å². The second kappa shape index (κ2) is 12.2. The number of halogens is 2. The minimum Gasteiger partial charge on any atom is -0.491 e. The van der Waals surface area contributed by atoms with Gasteiger partial charge in [-0.05, 0) is 78.9 Å². The summed E-state index contributed by atoms with van der Waals surface area (Å²) in [4.78, 5) is 14.6. The monoisotopic (exact) mass is 586 g/mol. The minimum absolute atomic E-state index is 0.143. The molecule has 1 spiro atoms. The van der Waals surface area contributed by atoms with E-state index in [1.54, 1.807) is 26.1 Å². The summed E-state index contributed by atoms with van der Waals surface area (Å²) >= 11 is 6.70. The molecule has 1 aromatic carbocycles. The molecule has 3 aromatic rings. The van der Waals surface area contributed by atoms with Crippen LogP contribution in [-0.2, 0) is 0 Å². The fraction of sp³-hybridized carbons (Fsp3) is 0.567. The van der Waals surface area contributed by atoms with Crippen molar-refractivity contribution in [3.63, 3.8) is 0 Å². The molecule has 11 heteroatoms. The van der Waals surface area contributed by atoms with Crippen molar-refractivity contribution in [1.82, 2.24) is 25.3 Å². The molecule has 2 aliphatic rings. The third-order valence-electron chi connectivity index (χ3n) is 8.23. The van der Waals surface area contributed by atoms with Crippen LogP contribution >= 0.6 is 11.6 Å². The summed E-state index contributed by atoms with van der Waals surface area (Å²) in [5.74, 6) is 2.61. The Labute approximate surface area is 246 Å². The number of alkyl halides is 1. The molecular formula is C30H40ClFN6O3. The van der Waals surface area contributed by atoms with Gasteiger partial charge in [0.25, 0.3) is 0 Å². The molecule has 5 rings (SSSR count). The molecule has 2 saturated heterocycles. The highest BCUT2D eigenvalue weighted by molar-refractivity contribution is 6.33. The van der Waals surface area contributed by atoms with Crippen LogP contribution in [0, 0.1) is 26.2 Å². The number of likely N-dealkylation sites (tertiary alicyclic amines) is 1. The molecule has 0 saturated carbocycles. The highest BCUT2D eigenvalue weighted by Gasteiger charge is 2.46. The Morgan fingerprint density at radius 2 is 1.93 bits per heavy atom. The molecule has 2 aromatic heterocycles. The van der Waals surface area contributed by atoms with Gasteiger partial charge >= 0.3 is 0 Å². The number of benzene rings is 1. The van der Waals surface area contributed by atoms with E-state index in [2.05, 4.69) is 20.3 Å². The number of ether oxygens (including phenoxy) is 1. The van der Waals surface area contributed by atoms with Crippen LogP contribution in [0.15, 0.2) is 22.7 Å². The lowest BCUT2D eigenvalue weighted by molar-refractivity contribution is 0.0637.